The molecule has 1 aromatic rings. The quantitative estimate of drug-likeness (QED) is 0.553. The first kappa shape index (κ1) is 16.3. The molecule has 0 aliphatic carbocycles. The fourth-order valence-electron chi connectivity index (χ4n) is 2.67. The topological polar surface area (TPSA) is 85.4 Å². The summed E-state index contributed by atoms with van der Waals surface area (Å²) >= 11 is 0. The lowest BCUT2D eigenvalue weighted by molar-refractivity contribution is -0.121. The van der Waals surface area contributed by atoms with Crippen molar-refractivity contribution in [3.8, 4) is 0 Å². The lowest BCUT2D eigenvalue weighted by Gasteiger charge is -2.34. The van der Waals surface area contributed by atoms with Gasteiger partial charge in [-0.2, -0.15) is 5.10 Å². The average Bonchev–Trinajstić information content (AvgIpc) is 3.05. The van der Waals surface area contributed by atoms with Crippen LogP contribution < -0.4 is 10.6 Å². The minimum Gasteiger partial charge on any atom is -0.359 e. The summed E-state index contributed by atoms with van der Waals surface area (Å²) in [5.74, 6) is 1.56. The summed E-state index contributed by atoms with van der Waals surface area (Å²) in [5.41, 5.74) is 1.00. The first-order valence-corrected chi connectivity index (χ1v) is 7.95. The highest BCUT2D eigenvalue weighted by Crippen LogP contribution is 2.20. The number of hydrogen-bond acceptors (Lipinski definition) is 3. The molecular weight excluding hydrogens is 280 g/mol. The van der Waals surface area contributed by atoms with Crippen molar-refractivity contribution in [2.75, 3.05) is 26.7 Å². The van der Waals surface area contributed by atoms with Crippen LogP contribution in [0.4, 0.5) is 0 Å². The van der Waals surface area contributed by atoms with Crippen molar-refractivity contribution in [2.24, 2.45) is 10.9 Å². The zero-order valence-corrected chi connectivity index (χ0v) is 13.4. The highest BCUT2D eigenvalue weighted by atomic mass is 16.1. The molecule has 122 valence electrons. The molecule has 2 rings (SSSR count). The molecule has 22 heavy (non-hydrogen) atoms. The van der Waals surface area contributed by atoms with Crippen LogP contribution in [0.2, 0.25) is 0 Å². The fraction of sp³-hybridized carbons (Fsp3) is 0.667. The predicted molar refractivity (Wildman–Crippen MR) is 86.4 cm³/mol. The molecule has 1 aliphatic heterocycles. The summed E-state index contributed by atoms with van der Waals surface area (Å²) in [4.78, 5) is 18.4. The zero-order valence-electron chi connectivity index (χ0n) is 13.4. The van der Waals surface area contributed by atoms with E-state index in [0.717, 1.165) is 44.1 Å². The lowest BCUT2D eigenvalue weighted by atomic mass is 9.93. The SMILES string of the molecule is CCNC(=NCc1ccn[nH]1)N1CCC(CC(=O)NC)CC1. The van der Waals surface area contributed by atoms with Gasteiger partial charge in [-0.05, 0) is 31.7 Å². The van der Waals surface area contributed by atoms with Gasteiger partial charge < -0.3 is 15.5 Å². The van der Waals surface area contributed by atoms with Gasteiger partial charge in [-0.3, -0.25) is 9.89 Å². The number of H-pyrrole nitrogens is 1. The van der Waals surface area contributed by atoms with E-state index in [0.29, 0.717) is 18.9 Å². The van der Waals surface area contributed by atoms with Gasteiger partial charge in [0.15, 0.2) is 5.96 Å². The van der Waals surface area contributed by atoms with Gasteiger partial charge in [-0.1, -0.05) is 0 Å². The van der Waals surface area contributed by atoms with E-state index in [9.17, 15) is 4.79 Å². The molecule has 1 saturated heterocycles. The second-order valence-electron chi connectivity index (χ2n) is 5.56. The Balaban J connectivity index is 1.87. The summed E-state index contributed by atoms with van der Waals surface area (Å²) in [6.45, 7) is 5.40. The van der Waals surface area contributed by atoms with Gasteiger partial charge in [0.1, 0.15) is 0 Å². The number of nitrogens with zero attached hydrogens (tertiary/aromatic N) is 3. The van der Waals surface area contributed by atoms with Crippen LogP contribution >= 0.6 is 0 Å². The molecule has 0 spiro atoms. The number of hydrogen-bond donors (Lipinski definition) is 3. The number of likely N-dealkylation sites (tertiary alicyclic amines) is 1. The Hall–Kier alpha value is -2.05. The largest absolute Gasteiger partial charge is 0.359 e. The average molecular weight is 306 g/mol. The third-order valence-corrected chi connectivity index (χ3v) is 3.96. The Morgan fingerprint density at radius 2 is 2.27 bits per heavy atom. The summed E-state index contributed by atoms with van der Waals surface area (Å²) in [5, 5.41) is 12.9. The van der Waals surface area contributed by atoms with Crippen LogP contribution in [0.5, 0.6) is 0 Å². The normalized spacial score (nSPS) is 16.6. The van der Waals surface area contributed by atoms with Crippen LogP contribution in [0.25, 0.3) is 0 Å². The van der Waals surface area contributed by atoms with Crippen molar-refractivity contribution in [1.29, 1.82) is 0 Å². The maximum Gasteiger partial charge on any atom is 0.220 e. The molecule has 1 aromatic heterocycles. The summed E-state index contributed by atoms with van der Waals surface area (Å²) in [6.07, 6.45) is 4.43. The number of aromatic amines is 1. The van der Waals surface area contributed by atoms with E-state index in [4.69, 9.17) is 0 Å². The maximum absolute atomic E-state index is 11.5. The number of piperidine rings is 1. The molecule has 1 aliphatic rings. The van der Waals surface area contributed by atoms with Crippen molar-refractivity contribution in [2.45, 2.75) is 32.7 Å². The second-order valence-corrected chi connectivity index (χ2v) is 5.56. The Morgan fingerprint density at radius 1 is 1.50 bits per heavy atom. The van der Waals surface area contributed by atoms with Crippen LogP contribution in [0, 0.1) is 5.92 Å². The number of nitrogens with one attached hydrogen (secondary N) is 3. The van der Waals surface area contributed by atoms with E-state index in [1.807, 2.05) is 6.07 Å². The Morgan fingerprint density at radius 3 is 2.86 bits per heavy atom. The van der Waals surface area contributed by atoms with E-state index in [1.165, 1.54) is 0 Å². The smallest absolute Gasteiger partial charge is 0.220 e. The highest BCUT2D eigenvalue weighted by Gasteiger charge is 2.22. The number of aromatic nitrogens is 2. The van der Waals surface area contributed by atoms with Gasteiger partial charge in [0.05, 0.1) is 12.2 Å². The Labute approximate surface area is 131 Å². The number of rotatable bonds is 5. The predicted octanol–water partition coefficient (Wildman–Crippen LogP) is 0.723. The van der Waals surface area contributed by atoms with Crippen LogP contribution in [-0.4, -0.2) is 53.6 Å². The van der Waals surface area contributed by atoms with Crippen molar-refractivity contribution < 1.29 is 4.79 Å². The van der Waals surface area contributed by atoms with E-state index in [2.05, 4.69) is 37.6 Å². The number of amides is 1. The van der Waals surface area contributed by atoms with Gasteiger partial charge >= 0.3 is 0 Å². The molecule has 7 nitrogen and oxygen atoms in total. The number of aliphatic imine (C=N–C) groups is 1. The fourth-order valence-corrected chi connectivity index (χ4v) is 2.67. The van der Waals surface area contributed by atoms with Crippen LogP contribution in [-0.2, 0) is 11.3 Å². The van der Waals surface area contributed by atoms with E-state index >= 15 is 0 Å². The summed E-state index contributed by atoms with van der Waals surface area (Å²) < 4.78 is 0. The third kappa shape index (κ3) is 4.75. The number of carbonyl (C=O) groups excluding carboxylic acids is 1. The first-order chi connectivity index (χ1) is 10.7. The molecule has 7 heteroatoms. The molecular formula is C15H26N6O. The van der Waals surface area contributed by atoms with Gasteiger partial charge in [-0.25, -0.2) is 4.99 Å². The maximum atomic E-state index is 11.5. The Kier molecular flexibility index (Phi) is 6.24. The van der Waals surface area contributed by atoms with Gasteiger partial charge in [-0.15, -0.1) is 0 Å². The monoisotopic (exact) mass is 306 g/mol. The van der Waals surface area contributed by atoms with E-state index < -0.39 is 0 Å². The van der Waals surface area contributed by atoms with Gasteiger partial charge in [0.25, 0.3) is 0 Å². The molecule has 3 N–H and O–H groups in total. The zero-order chi connectivity index (χ0) is 15.8. The highest BCUT2D eigenvalue weighted by molar-refractivity contribution is 5.80. The third-order valence-electron chi connectivity index (χ3n) is 3.96. The van der Waals surface area contributed by atoms with Gasteiger partial charge in [0.2, 0.25) is 5.91 Å². The van der Waals surface area contributed by atoms with Crippen LogP contribution in [0.15, 0.2) is 17.3 Å². The molecule has 0 bridgehead atoms. The van der Waals surface area contributed by atoms with E-state index in [1.54, 1.807) is 13.2 Å². The van der Waals surface area contributed by atoms with E-state index in [-0.39, 0.29) is 5.91 Å². The molecule has 2 heterocycles. The minimum atomic E-state index is 0.137. The molecule has 0 aromatic carbocycles. The van der Waals surface area contributed by atoms with Crippen molar-refractivity contribution in [3.05, 3.63) is 18.0 Å². The molecule has 0 atom stereocenters. The number of guanidine groups is 1. The summed E-state index contributed by atoms with van der Waals surface area (Å²) in [7, 11) is 1.70. The van der Waals surface area contributed by atoms with Crippen molar-refractivity contribution >= 4 is 11.9 Å². The van der Waals surface area contributed by atoms with Crippen LogP contribution in [0.3, 0.4) is 0 Å². The van der Waals surface area contributed by atoms with Crippen molar-refractivity contribution in [1.82, 2.24) is 25.7 Å². The molecule has 1 amide bonds. The minimum absolute atomic E-state index is 0.137. The number of carbonyl (C=O) groups is 1. The summed E-state index contributed by atoms with van der Waals surface area (Å²) in [6, 6.07) is 1.93. The van der Waals surface area contributed by atoms with Crippen LogP contribution in [0.1, 0.15) is 31.9 Å². The molecule has 0 unspecified atom stereocenters. The molecule has 0 saturated carbocycles. The standard InChI is InChI=1S/C15H26N6O/c1-3-17-15(18-11-13-4-7-19-20-13)21-8-5-12(6-9-21)10-14(22)16-2/h4,7,12H,3,5-6,8-11H2,1-2H3,(H,16,22)(H,17,18)(H,19,20). The first-order valence-electron chi connectivity index (χ1n) is 7.95. The Bertz CT molecular complexity index is 476. The lowest BCUT2D eigenvalue weighted by Crippen LogP contribution is -2.46. The molecule has 1 fully saturated rings. The molecule has 0 radical (unpaired) electrons. The second kappa shape index (κ2) is 8.41. The van der Waals surface area contributed by atoms with Crippen molar-refractivity contribution in [3.63, 3.8) is 0 Å². The van der Waals surface area contributed by atoms with Gasteiger partial charge in [0, 0.05) is 39.3 Å².